The average Bonchev–Trinajstić information content (AvgIpc) is 2.80. The molecule has 0 aliphatic carbocycles. The molecule has 1 aliphatic heterocycles. The Labute approximate surface area is 176 Å². The molecular weight excluding hydrogens is 376 g/mol. The predicted octanol–water partition coefficient (Wildman–Crippen LogP) is 3.22. The lowest BCUT2D eigenvalue weighted by Gasteiger charge is -2.25. The number of aromatic nitrogens is 2. The Bertz CT molecular complexity index is 1000. The molecule has 3 aromatic rings. The van der Waals surface area contributed by atoms with Crippen molar-refractivity contribution in [2.24, 2.45) is 0 Å². The molecule has 0 radical (unpaired) electrons. The topological polar surface area (TPSA) is 96.2 Å². The van der Waals surface area contributed by atoms with E-state index in [1.165, 1.54) is 6.33 Å². The lowest BCUT2D eigenvalue weighted by atomic mass is 10.0. The van der Waals surface area contributed by atoms with E-state index in [0.29, 0.717) is 16.9 Å². The van der Waals surface area contributed by atoms with Crippen molar-refractivity contribution in [1.82, 2.24) is 15.3 Å². The second kappa shape index (κ2) is 8.92. The molecule has 154 valence electrons. The van der Waals surface area contributed by atoms with Crippen molar-refractivity contribution >= 4 is 28.8 Å². The third-order valence-corrected chi connectivity index (χ3v) is 5.40. The normalized spacial score (nSPS) is 16.1. The zero-order chi connectivity index (χ0) is 20.9. The number of nitrogens with one attached hydrogen (secondary N) is 2. The van der Waals surface area contributed by atoms with Crippen LogP contribution < -0.4 is 21.3 Å². The number of carbonyl (C=O) groups is 1. The number of nitrogen functional groups attached to an aromatic ring is 1. The number of benzene rings is 2. The zero-order valence-corrected chi connectivity index (χ0v) is 17.0. The van der Waals surface area contributed by atoms with Crippen LogP contribution in [-0.2, 0) is 0 Å². The highest BCUT2D eigenvalue weighted by Crippen LogP contribution is 2.26. The summed E-state index contributed by atoms with van der Waals surface area (Å²) < 4.78 is 0. The molecule has 1 aliphatic rings. The Morgan fingerprint density at radius 1 is 1.10 bits per heavy atom. The van der Waals surface area contributed by atoms with Gasteiger partial charge < -0.3 is 21.3 Å². The highest BCUT2D eigenvalue weighted by molar-refractivity contribution is 6.14. The first-order valence-corrected chi connectivity index (χ1v) is 10.1. The fourth-order valence-electron chi connectivity index (χ4n) is 3.68. The van der Waals surface area contributed by atoms with Crippen LogP contribution in [0.25, 0.3) is 0 Å². The molecule has 1 atom stereocenters. The van der Waals surface area contributed by atoms with E-state index in [1.54, 1.807) is 0 Å². The van der Waals surface area contributed by atoms with Gasteiger partial charge in [0.1, 0.15) is 23.5 Å². The van der Waals surface area contributed by atoms with E-state index >= 15 is 0 Å². The number of anilines is 4. The minimum absolute atomic E-state index is 0.187. The lowest BCUT2D eigenvalue weighted by Crippen LogP contribution is -2.39. The van der Waals surface area contributed by atoms with E-state index in [1.807, 2.05) is 61.6 Å². The molecule has 7 heteroatoms. The molecule has 7 nitrogen and oxygen atoms in total. The number of rotatable bonds is 6. The highest BCUT2D eigenvalue weighted by atomic mass is 16.1. The van der Waals surface area contributed by atoms with Gasteiger partial charge in [0.25, 0.3) is 0 Å². The SMILES string of the molecule is CN(c1ccccc1)c1ccc(C(=O)c2c(N)ncnc2N[C@@H]2CCCNC2)cc1. The van der Waals surface area contributed by atoms with Crippen LogP contribution in [0.15, 0.2) is 60.9 Å². The van der Waals surface area contributed by atoms with Crippen molar-refractivity contribution in [3.05, 3.63) is 72.1 Å². The van der Waals surface area contributed by atoms with Crippen molar-refractivity contribution in [3.63, 3.8) is 0 Å². The van der Waals surface area contributed by atoms with Crippen molar-refractivity contribution in [1.29, 1.82) is 0 Å². The second-order valence-electron chi connectivity index (χ2n) is 7.44. The Morgan fingerprint density at radius 2 is 1.83 bits per heavy atom. The largest absolute Gasteiger partial charge is 0.383 e. The van der Waals surface area contributed by atoms with Gasteiger partial charge in [0, 0.05) is 36.6 Å². The van der Waals surface area contributed by atoms with Crippen LogP contribution in [0, 0.1) is 0 Å². The minimum atomic E-state index is -0.187. The van der Waals surface area contributed by atoms with Crippen LogP contribution in [0.2, 0.25) is 0 Å². The Morgan fingerprint density at radius 3 is 2.53 bits per heavy atom. The summed E-state index contributed by atoms with van der Waals surface area (Å²) in [5.41, 5.74) is 9.02. The number of piperidine rings is 1. The van der Waals surface area contributed by atoms with Crippen molar-refractivity contribution in [2.45, 2.75) is 18.9 Å². The van der Waals surface area contributed by atoms with E-state index in [-0.39, 0.29) is 17.6 Å². The summed E-state index contributed by atoms with van der Waals surface area (Å²) in [5.74, 6) is 0.492. The number of hydrogen-bond acceptors (Lipinski definition) is 7. The third kappa shape index (κ3) is 4.26. The molecule has 1 fully saturated rings. The van der Waals surface area contributed by atoms with Gasteiger partial charge in [-0.15, -0.1) is 0 Å². The molecule has 30 heavy (non-hydrogen) atoms. The maximum Gasteiger partial charge on any atom is 0.200 e. The smallest absolute Gasteiger partial charge is 0.200 e. The Hall–Kier alpha value is -3.45. The van der Waals surface area contributed by atoms with Crippen molar-refractivity contribution in [3.8, 4) is 0 Å². The highest BCUT2D eigenvalue weighted by Gasteiger charge is 2.22. The average molecular weight is 403 g/mol. The fraction of sp³-hybridized carbons (Fsp3) is 0.261. The summed E-state index contributed by atoms with van der Waals surface area (Å²) in [5, 5.41) is 6.72. The number of hydrogen-bond donors (Lipinski definition) is 3. The van der Waals surface area contributed by atoms with Crippen LogP contribution in [0.1, 0.15) is 28.8 Å². The van der Waals surface area contributed by atoms with Gasteiger partial charge >= 0.3 is 0 Å². The first-order chi connectivity index (χ1) is 14.6. The monoisotopic (exact) mass is 402 g/mol. The van der Waals surface area contributed by atoms with E-state index in [2.05, 4.69) is 25.5 Å². The molecule has 2 aromatic carbocycles. The van der Waals surface area contributed by atoms with Gasteiger partial charge in [-0.3, -0.25) is 4.79 Å². The van der Waals surface area contributed by atoms with Crippen molar-refractivity contribution in [2.75, 3.05) is 36.1 Å². The van der Waals surface area contributed by atoms with E-state index in [9.17, 15) is 4.79 Å². The van der Waals surface area contributed by atoms with E-state index in [4.69, 9.17) is 5.73 Å². The summed E-state index contributed by atoms with van der Waals surface area (Å²) in [4.78, 5) is 23.7. The number of nitrogens with two attached hydrogens (primary N) is 1. The second-order valence-corrected chi connectivity index (χ2v) is 7.44. The van der Waals surface area contributed by atoms with Gasteiger partial charge in [-0.2, -0.15) is 0 Å². The molecule has 0 spiro atoms. The van der Waals surface area contributed by atoms with Gasteiger partial charge in [-0.25, -0.2) is 9.97 Å². The molecule has 0 bridgehead atoms. The summed E-state index contributed by atoms with van der Waals surface area (Å²) in [7, 11) is 2.00. The summed E-state index contributed by atoms with van der Waals surface area (Å²) in [6.45, 7) is 1.84. The summed E-state index contributed by atoms with van der Waals surface area (Å²) in [6, 6.07) is 17.8. The first-order valence-electron chi connectivity index (χ1n) is 10.1. The van der Waals surface area contributed by atoms with Gasteiger partial charge in [0.05, 0.1) is 0 Å². The molecule has 0 amide bonds. The van der Waals surface area contributed by atoms with Crippen LogP contribution in [0.4, 0.5) is 23.0 Å². The van der Waals surface area contributed by atoms with Crippen LogP contribution >= 0.6 is 0 Å². The van der Waals surface area contributed by atoms with Gasteiger partial charge in [0.15, 0.2) is 5.78 Å². The van der Waals surface area contributed by atoms with Crippen LogP contribution in [0.3, 0.4) is 0 Å². The third-order valence-electron chi connectivity index (χ3n) is 5.40. The van der Waals surface area contributed by atoms with Gasteiger partial charge in [0.2, 0.25) is 0 Å². The number of carbonyl (C=O) groups excluding carboxylic acids is 1. The molecule has 1 saturated heterocycles. The standard InChI is InChI=1S/C23H26N6O/c1-29(18-7-3-2-4-8-18)19-11-9-16(10-12-19)21(30)20-22(24)26-15-27-23(20)28-17-6-5-13-25-14-17/h2-4,7-12,15,17,25H,5-6,13-14H2,1H3,(H3,24,26,27,28)/t17-/m1/s1. The number of ketones is 1. The fourth-order valence-corrected chi connectivity index (χ4v) is 3.68. The molecule has 4 rings (SSSR count). The summed E-state index contributed by atoms with van der Waals surface area (Å²) >= 11 is 0. The first kappa shape index (κ1) is 19.8. The van der Waals surface area contributed by atoms with E-state index in [0.717, 1.165) is 37.3 Å². The lowest BCUT2D eigenvalue weighted by molar-refractivity contribution is 0.103. The maximum absolute atomic E-state index is 13.3. The maximum atomic E-state index is 13.3. The van der Waals surface area contributed by atoms with Crippen LogP contribution in [-0.4, -0.2) is 41.9 Å². The molecule has 4 N–H and O–H groups in total. The quantitative estimate of drug-likeness (QED) is 0.545. The Kier molecular flexibility index (Phi) is 5.90. The van der Waals surface area contributed by atoms with Gasteiger partial charge in [-0.05, 0) is 55.8 Å². The molecular formula is C23H26N6O. The molecule has 0 unspecified atom stereocenters. The predicted molar refractivity (Wildman–Crippen MR) is 120 cm³/mol. The van der Waals surface area contributed by atoms with Gasteiger partial charge in [-0.1, -0.05) is 18.2 Å². The molecule has 2 heterocycles. The number of nitrogens with zero attached hydrogens (tertiary/aromatic N) is 3. The molecule has 1 aromatic heterocycles. The zero-order valence-electron chi connectivity index (χ0n) is 17.0. The molecule has 0 saturated carbocycles. The van der Waals surface area contributed by atoms with E-state index < -0.39 is 0 Å². The van der Waals surface area contributed by atoms with Crippen LogP contribution in [0.5, 0.6) is 0 Å². The van der Waals surface area contributed by atoms with Crippen molar-refractivity contribution < 1.29 is 4.79 Å². The number of para-hydroxylation sites is 1. The Balaban J connectivity index is 1.57. The summed E-state index contributed by atoms with van der Waals surface area (Å²) in [6.07, 6.45) is 3.49. The minimum Gasteiger partial charge on any atom is -0.383 e.